The van der Waals surface area contributed by atoms with Crippen molar-refractivity contribution in [2.24, 2.45) is 0 Å². The molecular formula is C20H30N2O4. The van der Waals surface area contributed by atoms with Crippen LogP contribution in [0.25, 0.3) is 0 Å². The predicted octanol–water partition coefficient (Wildman–Crippen LogP) is 4.00. The third-order valence-corrected chi connectivity index (χ3v) is 3.13. The Morgan fingerprint density at radius 1 is 1.38 bits per heavy atom. The third kappa shape index (κ3) is 9.01. The lowest BCUT2D eigenvalue weighted by Crippen LogP contribution is -2.33. The molecule has 26 heavy (non-hydrogen) atoms. The molecule has 0 heterocycles. The van der Waals surface area contributed by atoms with E-state index in [-0.39, 0.29) is 11.9 Å². The number of benzene rings is 1. The number of nitrogens with zero attached hydrogens (tertiary/aromatic N) is 1. The quantitative estimate of drug-likeness (QED) is 0.415. The molecule has 2 N–H and O–H groups in total. The summed E-state index contributed by atoms with van der Waals surface area (Å²) in [7, 11) is 1.70. The van der Waals surface area contributed by atoms with E-state index in [1.165, 1.54) is 4.90 Å². The Morgan fingerprint density at radius 2 is 2.08 bits per heavy atom. The number of carbonyl (C=O) groups is 1. The molecule has 0 atom stereocenters. The van der Waals surface area contributed by atoms with Crippen molar-refractivity contribution in [3.05, 3.63) is 53.9 Å². The van der Waals surface area contributed by atoms with Crippen molar-refractivity contribution >= 4 is 6.09 Å². The first-order valence-electron chi connectivity index (χ1n) is 8.53. The molecule has 0 aliphatic rings. The van der Waals surface area contributed by atoms with Gasteiger partial charge in [0.25, 0.3) is 0 Å². The van der Waals surface area contributed by atoms with Crippen LogP contribution in [-0.2, 0) is 11.3 Å². The van der Waals surface area contributed by atoms with Gasteiger partial charge in [0.05, 0.1) is 5.76 Å². The molecule has 1 aromatic carbocycles. The van der Waals surface area contributed by atoms with Gasteiger partial charge in [-0.2, -0.15) is 0 Å². The zero-order chi connectivity index (χ0) is 19.7. The van der Waals surface area contributed by atoms with Crippen LogP contribution in [0, 0.1) is 0 Å². The molecule has 6 heteroatoms. The van der Waals surface area contributed by atoms with Gasteiger partial charge >= 0.3 is 6.09 Å². The van der Waals surface area contributed by atoms with Gasteiger partial charge in [-0.1, -0.05) is 18.7 Å². The average molecular weight is 362 g/mol. The number of aliphatic hydroxyl groups excluding tert-OH is 1. The van der Waals surface area contributed by atoms with Gasteiger partial charge in [-0.25, -0.2) is 4.79 Å². The number of hydrogen-bond acceptors (Lipinski definition) is 5. The van der Waals surface area contributed by atoms with E-state index in [1.54, 1.807) is 20.0 Å². The van der Waals surface area contributed by atoms with E-state index >= 15 is 0 Å². The van der Waals surface area contributed by atoms with Crippen molar-refractivity contribution in [3.8, 4) is 5.75 Å². The van der Waals surface area contributed by atoms with E-state index in [2.05, 4.69) is 11.9 Å². The minimum atomic E-state index is -0.517. The molecule has 0 unspecified atom stereocenters. The first-order valence-corrected chi connectivity index (χ1v) is 8.53. The summed E-state index contributed by atoms with van der Waals surface area (Å²) in [6, 6.07) is 7.58. The van der Waals surface area contributed by atoms with Gasteiger partial charge in [-0.15, -0.1) is 0 Å². The number of aliphatic hydroxyl groups is 1. The molecule has 0 saturated carbocycles. The van der Waals surface area contributed by atoms with E-state index in [1.807, 2.05) is 45.0 Å². The summed E-state index contributed by atoms with van der Waals surface area (Å²) in [5, 5.41) is 12.2. The molecule has 1 rings (SSSR count). The number of hydrogen-bond donors (Lipinski definition) is 2. The van der Waals surface area contributed by atoms with Crippen LogP contribution in [0.1, 0.15) is 33.3 Å². The van der Waals surface area contributed by atoms with Gasteiger partial charge < -0.3 is 24.8 Å². The molecule has 1 amide bonds. The van der Waals surface area contributed by atoms with E-state index < -0.39 is 5.60 Å². The summed E-state index contributed by atoms with van der Waals surface area (Å²) in [6.45, 7) is 12.3. The molecule has 144 valence electrons. The van der Waals surface area contributed by atoms with E-state index in [0.29, 0.717) is 25.4 Å². The molecule has 0 spiro atoms. The SMILES string of the molecule is C=C(/C=C(\C)O)NCCOc1cccc(CN(C)C(=O)OC(C)(C)C)c1. The Hall–Kier alpha value is -2.63. The maximum absolute atomic E-state index is 12.0. The van der Waals surface area contributed by atoms with E-state index in [9.17, 15) is 4.79 Å². The van der Waals surface area contributed by atoms with Gasteiger partial charge in [0, 0.05) is 25.8 Å². The van der Waals surface area contributed by atoms with Crippen LogP contribution in [0.4, 0.5) is 4.79 Å². The normalized spacial score (nSPS) is 11.7. The van der Waals surface area contributed by atoms with Crippen molar-refractivity contribution in [3.63, 3.8) is 0 Å². The van der Waals surface area contributed by atoms with Crippen LogP contribution in [0.5, 0.6) is 5.75 Å². The van der Waals surface area contributed by atoms with Gasteiger partial charge in [0.1, 0.15) is 18.0 Å². The second kappa shape index (κ2) is 9.75. The molecule has 1 aromatic rings. The monoisotopic (exact) mass is 362 g/mol. The highest BCUT2D eigenvalue weighted by Crippen LogP contribution is 2.16. The molecular weight excluding hydrogens is 332 g/mol. The minimum Gasteiger partial charge on any atom is -0.513 e. The van der Waals surface area contributed by atoms with Crippen LogP contribution in [0.2, 0.25) is 0 Å². The van der Waals surface area contributed by atoms with Crippen molar-refractivity contribution in [2.75, 3.05) is 20.2 Å². The lowest BCUT2D eigenvalue weighted by molar-refractivity contribution is 0.0285. The van der Waals surface area contributed by atoms with Crippen molar-refractivity contribution < 1.29 is 19.4 Å². The van der Waals surface area contributed by atoms with Crippen LogP contribution in [-0.4, -0.2) is 41.9 Å². The Balaban J connectivity index is 2.49. The summed E-state index contributed by atoms with van der Waals surface area (Å²) >= 11 is 0. The molecule has 0 aliphatic carbocycles. The Bertz CT molecular complexity index is 643. The average Bonchev–Trinajstić information content (AvgIpc) is 2.49. The number of nitrogens with one attached hydrogen (secondary N) is 1. The zero-order valence-electron chi connectivity index (χ0n) is 16.3. The van der Waals surface area contributed by atoms with Crippen LogP contribution < -0.4 is 10.1 Å². The molecule has 6 nitrogen and oxygen atoms in total. The Kier molecular flexibility index (Phi) is 8.03. The lowest BCUT2D eigenvalue weighted by atomic mass is 10.2. The molecule has 0 radical (unpaired) electrons. The zero-order valence-corrected chi connectivity index (χ0v) is 16.3. The highest BCUT2D eigenvalue weighted by molar-refractivity contribution is 5.67. The van der Waals surface area contributed by atoms with E-state index in [0.717, 1.165) is 11.3 Å². The highest BCUT2D eigenvalue weighted by atomic mass is 16.6. The Labute approximate surface area is 156 Å². The molecule has 0 bridgehead atoms. The summed E-state index contributed by atoms with van der Waals surface area (Å²) in [5.74, 6) is 0.923. The molecule has 0 saturated heterocycles. The number of amides is 1. The predicted molar refractivity (Wildman–Crippen MR) is 103 cm³/mol. The van der Waals surface area contributed by atoms with Crippen LogP contribution >= 0.6 is 0 Å². The maximum Gasteiger partial charge on any atom is 0.410 e. The maximum atomic E-state index is 12.0. The third-order valence-electron chi connectivity index (χ3n) is 3.13. The van der Waals surface area contributed by atoms with Crippen molar-refractivity contribution in [1.82, 2.24) is 10.2 Å². The summed E-state index contributed by atoms with van der Waals surface area (Å²) < 4.78 is 11.1. The van der Waals surface area contributed by atoms with Gasteiger partial charge in [0.15, 0.2) is 0 Å². The molecule has 0 aliphatic heterocycles. The number of rotatable bonds is 8. The molecule has 0 fully saturated rings. The minimum absolute atomic E-state index is 0.199. The topological polar surface area (TPSA) is 71.0 Å². The lowest BCUT2D eigenvalue weighted by Gasteiger charge is -2.24. The fraction of sp³-hybridized carbons (Fsp3) is 0.450. The standard InChI is InChI=1S/C20H30N2O4/c1-15(12-16(2)23)21-10-11-25-18-9-7-8-17(13-18)14-22(6)19(24)26-20(3,4)5/h7-9,12-13,21,23H,1,10-11,14H2,2-6H3/b16-12+. The number of carbonyl (C=O) groups excluding carboxylic acids is 1. The van der Waals surface area contributed by atoms with Crippen LogP contribution in [0.15, 0.2) is 48.4 Å². The smallest absolute Gasteiger partial charge is 0.410 e. The van der Waals surface area contributed by atoms with E-state index in [4.69, 9.17) is 14.6 Å². The Morgan fingerprint density at radius 3 is 2.69 bits per heavy atom. The van der Waals surface area contributed by atoms with Gasteiger partial charge in [-0.3, -0.25) is 0 Å². The first kappa shape index (κ1) is 21.4. The second-order valence-corrected chi connectivity index (χ2v) is 7.07. The fourth-order valence-electron chi connectivity index (χ4n) is 2.10. The molecule has 0 aromatic heterocycles. The summed E-state index contributed by atoms with van der Waals surface area (Å²) in [5.41, 5.74) is 1.06. The fourth-order valence-corrected chi connectivity index (χ4v) is 2.10. The number of ether oxygens (including phenoxy) is 2. The van der Waals surface area contributed by atoms with Gasteiger partial charge in [0.2, 0.25) is 0 Å². The largest absolute Gasteiger partial charge is 0.513 e. The van der Waals surface area contributed by atoms with Crippen LogP contribution in [0.3, 0.4) is 0 Å². The first-order chi connectivity index (χ1) is 12.1. The van der Waals surface area contributed by atoms with Gasteiger partial charge in [-0.05, 0) is 51.5 Å². The number of allylic oxidation sites excluding steroid dienone is 2. The summed E-state index contributed by atoms with van der Waals surface area (Å²) in [6.07, 6.45) is 1.19. The second-order valence-electron chi connectivity index (χ2n) is 7.07. The highest BCUT2D eigenvalue weighted by Gasteiger charge is 2.19. The van der Waals surface area contributed by atoms with Crippen molar-refractivity contribution in [1.29, 1.82) is 0 Å². The van der Waals surface area contributed by atoms with Crippen molar-refractivity contribution in [2.45, 2.75) is 39.8 Å². The summed E-state index contributed by atoms with van der Waals surface area (Å²) in [4.78, 5) is 13.6.